The summed E-state index contributed by atoms with van der Waals surface area (Å²) in [6.45, 7) is 2.34. The van der Waals surface area contributed by atoms with Crippen molar-refractivity contribution in [3.63, 3.8) is 0 Å². The van der Waals surface area contributed by atoms with Crippen LogP contribution in [0.4, 0.5) is 0 Å². The zero-order valence-corrected chi connectivity index (χ0v) is 13.2. The minimum atomic E-state index is 0.0520. The zero-order valence-electron chi connectivity index (χ0n) is 10.0. The van der Waals surface area contributed by atoms with Crippen molar-refractivity contribution in [3.8, 4) is 0 Å². The first kappa shape index (κ1) is 12.6. The molecule has 87 valence electrons. The normalized spacial score (nSPS) is 18.9. The average molecular weight is 343 g/mol. The number of rotatable bonds is 3. The third-order valence-corrected chi connectivity index (χ3v) is 7.56. The van der Waals surface area contributed by atoms with E-state index in [4.69, 9.17) is 0 Å². The van der Waals surface area contributed by atoms with Gasteiger partial charge in [-0.3, -0.25) is 0 Å². The highest BCUT2D eigenvalue weighted by Gasteiger charge is 2.22. The Kier molecular flexibility index (Phi) is 4.89. The first-order valence-electron chi connectivity index (χ1n) is 6.38. The standard InChI is InChI=1S/C14H20ISi/c1-2-9-16-10-7-13(8-11-16)12-3-5-14(15)6-4-12/h3-6,13H,2,7-11H2,1H3. The molecule has 2 heteroatoms. The van der Waals surface area contributed by atoms with E-state index >= 15 is 0 Å². The van der Waals surface area contributed by atoms with E-state index < -0.39 is 0 Å². The number of halogens is 1. The molecule has 1 aromatic carbocycles. The maximum absolute atomic E-state index is 2.39. The van der Waals surface area contributed by atoms with Crippen LogP contribution in [-0.4, -0.2) is 8.80 Å². The van der Waals surface area contributed by atoms with Crippen LogP contribution in [0.5, 0.6) is 0 Å². The summed E-state index contributed by atoms with van der Waals surface area (Å²) in [5.74, 6) is 0.864. The van der Waals surface area contributed by atoms with Crippen molar-refractivity contribution in [2.75, 3.05) is 0 Å². The Hall–Kier alpha value is 0.167. The van der Waals surface area contributed by atoms with Crippen molar-refractivity contribution in [2.24, 2.45) is 0 Å². The van der Waals surface area contributed by atoms with Crippen LogP contribution in [0, 0.1) is 3.57 Å². The molecule has 0 aliphatic carbocycles. The van der Waals surface area contributed by atoms with E-state index in [0.717, 1.165) is 5.92 Å². The van der Waals surface area contributed by atoms with Crippen LogP contribution in [0.3, 0.4) is 0 Å². The molecule has 0 aromatic heterocycles. The van der Waals surface area contributed by atoms with Gasteiger partial charge in [-0.25, -0.2) is 0 Å². The number of hydrogen-bond donors (Lipinski definition) is 0. The Labute approximate surface area is 115 Å². The highest BCUT2D eigenvalue weighted by Crippen LogP contribution is 2.34. The molecule has 0 unspecified atom stereocenters. The fraction of sp³-hybridized carbons (Fsp3) is 0.571. The largest absolute Gasteiger partial charge is 0.0657 e. The highest BCUT2D eigenvalue weighted by atomic mass is 127. The summed E-state index contributed by atoms with van der Waals surface area (Å²) >= 11 is 2.39. The van der Waals surface area contributed by atoms with Crippen molar-refractivity contribution in [2.45, 2.75) is 50.2 Å². The Morgan fingerprint density at radius 2 is 1.81 bits per heavy atom. The summed E-state index contributed by atoms with van der Waals surface area (Å²) in [7, 11) is 0.0520. The molecule has 0 N–H and O–H groups in total. The second-order valence-corrected chi connectivity index (χ2v) is 9.07. The predicted octanol–water partition coefficient (Wildman–Crippen LogP) is 5.07. The van der Waals surface area contributed by atoms with Gasteiger partial charge in [-0.05, 0) is 59.0 Å². The van der Waals surface area contributed by atoms with Gasteiger partial charge in [-0.2, -0.15) is 0 Å². The molecule has 1 radical (unpaired) electrons. The molecule has 0 atom stereocenters. The van der Waals surface area contributed by atoms with Gasteiger partial charge in [0.2, 0.25) is 0 Å². The lowest BCUT2D eigenvalue weighted by molar-refractivity contribution is 0.605. The Bertz CT molecular complexity index is 312. The van der Waals surface area contributed by atoms with E-state index in [1.54, 1.807) is 23.7 Å². The maximum Gasteiger partial charge on any atom is 0.0479 e. The molecular formula is C14H20ISi. The lowest BCUT2D eigenvalue weighted by Gasteiger charge is -2.27. The molecule has 0 nitrogen and oxygen atoms in total. The molecule has 0 amide bonds. The van der Waals surface area contributed by atoms with E-state index in [2.05, 4.69) is 53.8 Å². The third-order valence-electron chi connectivity index (χ3n) is 3.64. The lowest BCUT2D eigenvalue weighted by Crippen LogP contribution is -2.19. The summed E-state index contributed by atoms with van der Waals surface area (Å²) in [4.78, 5) is 0. The molecule has 1 aliphatic rings. The van der Waals surface area contributed by atoms with E-state index in [9.17, 15) is 0 Å². The van der Waals surface area contributed by atoms with E-state index in [0.29, 0.717) is 0 Å². The molecule has 1 fully saturated rings. The Morgan fingerprint density at radius 3 is 2.38 bits per heavy atom. The van der Waals surface area contributed by atoms with Gasteiger partial charge < -0.3 is 0 Å². The van der Waals surface area contributed by atoms with Crippen molar-refractivity contribution >= 4 is 31.4 Å². The van der Waals surface area contributed by atoms with E-state index in [1.807, 2.05) is 0 Å². The van der Waals surface area contributed by atoms with Crippen molar-refractivity contribution in [3.05, 3.63) is 33.4 Å². The molecule has 1 aromatic rings. The second-order valence-electron chi connectivity index (χ2n) is 4.83. The molecule has 2 rings (SSSR count). The predicted molar refractivity (Wildman–Crippen MR) is 81.6 cm³/mol. The van der Waals surface area contributed by atoms with Gasteiger partial charge >= 0.3 is 0 Å². The van der Waals surface area contributed by atoms with Gasteiger partial charge in [0, 0.05) is 12.4 Å². The summed E-state index contributed by atoms with van der Waals surface area (Å²) in [5, 5.41) is 0. The fourth-order valence-corrected chi connectivity index (χ4v) is 6.03. The summed E-state index contributed by atoms with van der Waals surface area (Å²) in [6.07, 6.45) is 4.31. The molecule has 16 heavy (non-hydrogen) atoms. The minimum absolute atomic E-state index is 0.0520. The quantitative estimate of drug-likeness (QED) is 0.531. The first-order valence-corrected chi connectivity index (χ1v) is 9.58. The monoisotopic (exact) mass is 343 g/mol. The lowest BCUT2D eigenvalue weighted by atomic mass is 9.94. The maximum atomic E-state index is 2.39. The van der Waals surface area contributed by atoms with Crippen molar-refractivity contribution in [1.82, 2.24) is 0 Å². The Morgan fingerprint density at radius 1 is 1.19 bits per heavy atom. The minimum Gasteiger partial charge on any atom is -0.0657 e. The molecule has 0 bridgehead atoms. The van der Waals surface area contributed by atoms with Crippen LogP contribution >= 0.6 is 22.6 Å². The average Bonchev–Trinajstić information content (AvgIpc) is 2.32. The van der Waals surface area contributed by atoms with Gasteiger partial charge in [-0.15, -0.1) is 0 Å². The molecule has 1 aliphatic heterocycles. The van der Waals surface area contributed by atoms with Crippen LogP contribution < -0.4 is 0 Å². The van der Waals surface area contributed by atoms with Crippen molar-refractivity contribution in [1.29, 1.82) is 0 Å². The Balaban J connectivity index is 1.91. The third kappa shape index (κ3) is 3.33. The van der Waals surface area contributed by atoms with Crippen LogP contribution in [-0.2, 0) is 0 Å². The molecule has 1 heterocycles. The van der Waals surface area contributed by atoms with Gasteiger partial charge in [0.1, 0.15) is 0 Å². The smallest absolute Gasteiger partial charge is 0.0479 e. The summed E-state index contributed by atoms with van der Waals surface area (Å²) in [6, 6.07) is 13.8. The molecule has 0 spiro atoms. The zero-order chi connectivity index (χ0) is 11.4. The van der Waals surface area contributed by atoms with E-state index in [1.165, 1.54) is 22.8 Å². The van der Waals surface area contributed by atoms with E-state index in [-0.39, 0.29) is 8.80 Å². The van der Waals surface area contributed by atoms with Crippen LogP contribution in [0.1, 0.15) is 37.7 Å². The van der Waals surface area contributed by atoms with Crippen molar-refractivity contribution < 1.29 is 0 Å². The molecule has 1 saturated heterocycles. The molecular weight excluding hydrogens is 323 g/mol. The van der Waals surface area contributed by atoms with Crippen LogP contribution in [0.25, 0.3) is 0 Å². The van der Waals surface area contributed by atoms with Gasteiger partial charge in [0.15, 0.2) is 0 Å². The first-order chi connectivity index (χ1) is 7.79. The van der Waals surface area contributed by atoms with Gasteiger partial charge in [0.25, 0.3) is 0 Å². The van der Waals surface area contributed by atoms with Gasteiger partial charge in [0.05, 0.1) is 0 Å². The topological polar surface area (TPSA) is 0 Å². The number of hydrogen-bond acceptors (Lipinski definition) is 0. The SMILES string of the molecule is CCC[Si]1CCC(c2ccc(I)cc2)CC1. The van der Waals surface area contributed by atoms with Gasteiger partial charge in [-0.1, -0.05) is 43.6 Å². The fourth-order valence-electron chi connectivity index (χ4n) is 2.70. The summed E-state index contributed by atoms with van der Waals surface area (Å²) in [5.41, 5.74) is 1.58. The highest BCUT2D eigenvalue weighted by molar-refractivity contribution is 14.1. The van der Waals surface area contributed by atoms with Crippen LogP contribution in [0.2, 0.25) is 18.1 Å². The number of benzene rings is 1. The summed E-state index contributed by atoms with van der Waals surface area (Å²) < 4.78 is 1.35. The molecule has 0 saturated carbocycles. The second kappa shape index (κ2) is 6.19. The van der Waals surface area contributed by atoms with Crippen LogP contribution in [0.15, 0.2) is 24.3 Å².